The van der Waals surface area contributed by atoms with Crippen molar-refractivity contribution in [1.29, 1.82) is 0 Å². The van der Waals surface area contributed by atoms with Gasteiger partial charge in [0, 0.05) is 17.1 Å². The van der Waals surface area contributed by atoms with E-state index in [0.717, 1.165) is 22.4 Å². The summed E-state index contributed by atoms with van der Waals surface area (Å²) in [7, 11) is 1.67. The minimum Gasteiger partial charge on any atom is -0.496 e. The highest BCUT2D eigenvalue weighted by atomic mass is 35.5. The first-order chi connectivity index (χ1) is 8.65. The van der Waals surface area contributed by atoms with Crippen molar-refractivity contribution in [2.24, 2.45) is 5.73 Å². The first-order valence-electron chi connectivity index (χ1n) is 5.79. The molecule has 0 aromatic heterocycles. The van der Waals surface area contributed by atoms with Gasteiger partial charge in [-0.3, -0.25) is 0 Å². The van der Waals surface area contributed by atoms with E-state index in [-0.39, 0.29) is 0 Å². The van der Waals surface area contributed by atoms with Crippen molar-refractivity contribution >= 4 is 11.6 Å². The summed E-state index contributed by atoms with van der Waals surface area (Å²) in [4.78, 5) is 0. The predicted molar refractivity (Wildman–Crippen MR) is 76.1 cm³/mol. The number of rotatable bonds is 3. The molecule has 0 fully saturated rings. The lowest BCUT2D eigenvalue weighted by Crippen LogP contribution is -2.00. The Hall–Kier alpha value is -1.51. The summed E-state index contributed by atoms with van der Waals surface area (Å²) in [5, 5.41) is 0.700. The van der Waals surface area contributed by atoms with Crippen LogP contribution in [0.4, 0.5) is 0 Å². The summed E-state index contributed by atoms with van der Waals surface area (Å²) in [6.45, 7) is 2.51. The van der Waals surface area contributed by atoms with E-state index in [1.165, 1.54) is 5.56 Å². The fourth-order valence-electron chi connectivity index (χ4n) is 2.03. The smallest absolute Gasteiger partial charge is 0.126 e. The highest BCUT2D eigenvalue weighted by Gasteiger charge is 2.10. The SMILES string of the molecule is COc1ccc(C)cc1-c1ccc(Cl)cc1CN. The highest BCUT2D eigenvalue weighted by molar-refractivity contribution is 6.30. The molecule has 2 aromatic rings. The van der Waals surface area contributed by atoms with Gasteiger partial charge in [-0.1, -0.05) is 29.3 Å². The molecule has 2 aromatic carbocycles. The van der Waals surface area contributed by atoms with Crippen LogP contribution in [0.3, 0.4) is 0 Å². The van der Waals surface area contributed by atoms with Gasteiger partial charge in [0.2, 0.25) is 0 Å². The molecule has 0 aliphatic rings. The van der Waals surface area contributed by atoms with Gasteiger partial charge in [-0.2, -0.15) is 0 Å². The number of hydrogen-bond donors (Lipinski definition) is 1. The molecule has 94 valence electrons. The van der Waals surface area contributed by atoms with E-state index < -0.39 is 0 Å². The normalized spacial score (nSPS) is 10.4. The molecule has 3 heteroatoms. The fourth-order valence-corrected chi connectivity index (χ4v) is 2.22. The van der Waals surface area contributed by atoms with Gasteiger partial charge in [-0.05, 0) is 42.3 Å². The van der Waals surface area contributed by atoms with Crippen LogP contribution in [0, 0.1) is 6.92 Å². The second kappa shape index (κ2) is 5.42. The topological polar surface area (TPSA) is 35.2 Å². The molecule has 0 aliphatic carbocycles. The zero-order valence-electron chi connectivity index (χ0n) is 10.5. The van der Waals surface area contributed by atoms with Gasteiger partial charge in [-0.25, -0.2) is 0 Å². The molecular weight excluding hydrogens is 246 g/mol. The number of methoxy groups -OCH3 is 1. The van der Waals surface area contributed by atoms with Crippen LogP contribution in [0.2, 0.25) is 5.02 Å². The van der Waals surface area contributed by atoms with Gasteiger partial charge < -0.3 is 10.5 Å². The molecule has 0 aliphatic heterocycles. The first-order valence-corrected chi connectivity index (χ1v) is 6.17. The first kappa shape index (κ1) is 12.9. The van der Waals surface area contributed by atoms with Gasteiger partial charge in [0.15, 0.2) is 0 Å². The molecule has 0 amide bonds. The van der Waals surface area contributed by atoms with Crippen LogP contribution in [-0.2, 0) is 6.54 Å². The summed E-state index contributed by atoms with van der Waals surface area (Å²) >= 11 is 6.00. The van der Waals surface area contributed by atoms with Crippen LogP contribution in [0.25, 0.3) is 11.1 Å². The van der Waals surface area contributed by atoms with E-state index in [4.69, 9.17) is 22.1 Å². The second-order valence-electron chi connectivity index (χ2n) is 4.21. The van der Waals surface area contributed by atoms with Crippen molar-refractivity contribution in [3.8, 4) is 16.9 Å². The molecule has 2 rings (SSSR count). The third-order valence-corrected chi connectivity index (χ3v) is 3.17. The third-order valence-electron chi connectivity index (χ3n) is 2.93. The summed E-state index contributed by atoms with van der Waals surface area (Å²) in [5.74, 6) is 0.845. The molecular formula is C15H16ClNO. The zero-order valence-corrected chi connectivity index (χ0v) is 11.3. The van der Waals surface area contributed by atoms with Crippen LogP contribution in [0.15, 0.2) is 36.4 Å². The molecule has 0 heterocycles. The van der Waals surface area contributed by atoms with Crippen LogP contribution >= 0.6 is 11.6 Å². The number of ether oxygens (including phenoxy) is 1. The number of hydrogen-bond acceptors (Lipinski definition) is 2. The van der Waals surface area contributed by atoms with Gasteiger partial charge in [-0.15, -0.1) is 0 Å². The van der Waals surface area contributed by atoms with E-state index in [1.807, 2.05) is 30.3 Å². The minimum absolute atomic E-state index is 0.451. The molecule has 0 atom stereocenters. The van der Waals surface area contributed by atoms with Gasteiger partial charge >= 0.3 is 0 Å². The van der Waals surface area contributed by atoms with E-state index >= 15 is 0 Å². The van der Waals surface area contributed by atoms with E-state index in [2.05, 4.69) is 13.0 Å². The monoisotopic (exact) mass is 261 g/mol. The van der Waals surface area contributed by atoms with Crippen molar-refractivity contribution in [2.45, 2.75) is 13.5 Å². The maximum atomic E-state index is 6.00. The Morgan fingerprint density at radius 1 is 1.11 bits per heavy atom. The molecule has 2 N–H and O–H groups in total. The number of aryl methyl sites for hydroxylation is 1. The average Bonchev–Trinajstić information content (AvgIpc) is 2.38. The minimum atomic E-state index is 0.451. The molecule has 18 heavy (non-hydrogen) atoms. The van der Waals surface area contributed by atoms with Crippen molar-refractivity contribution in [2.75, 3.05) is 7.11 Å². The molecule has 0 unspecified atom stereocenters. The largest absolute Gasteiger partial charge is 0.496 e. The molecule has 0 spiro atoms. The summed E-state index contributed by atoms with van der Waals surface area (Å²) in [6, 6.07) is 11.9. The quantitative estimate of drug-likeness (QED) is 0.913. The molecule has 0 bridgehead atoms. The summed E-state index contributed by atoms with van der Waals surface area (Å²) in [5.41, 5.74) is 10.1. The van der Waals surface area contributed by atoms with Crippen molar-refractivity contribution < 1.29 is 4.74 Å². The fraction of sp³-hybridized carbons (Fsp3) is 0.200. The maximum absolute atomic E-state index is 6.00. The third kappa shape index (κ3) is 2.50. The lowest BCUT2D eigenvalue weighted by atomic mass is 9.97. The van der Waals surface area contributed by atoms with Crippen LogP contribution in [0.5, 0.6) is 5.75 Å². The van der Waals surface area contributed by atoms with Crippen molar-refractivity contribution in [3.63, 3.8) is 0 Å². The number of nitrogens with two attached hydrogens (primary N) is 1. The van der Waals surface area contributed by atoms with E-state index in [9.17, 15) is 0 Å². The van der Waals surface area contributed by atoms with Gasteiger partial charge in [0.1, 0.15) is 5.75 Å². The number of halogens is 1. The van der Waals surface area contributed by atoms with E-state index in [0.29, 0.717) is 11.6 Å². The van der Waals surface area contributed by atoms with Crippen LogP contribution in [-0.4, -0.2) is 7.11 Å². The Kier molecular flexibility index (Phi) is 3.90. The average molecular weight is 262 g/mol. The van der Waals surface area contributed by atoms with Gasteiger partial charge in [0.25, 0.3) is 0 Å². The Bertz CT molecular complexity index is 566. The molecule has 2 nitrogen and oxygen atoms in total. The van der Waals surface area contributed by atoms with Gasteiger partial charge in [0.05, 0.1) is 7.11 Å². The Labute approximate surface area is 112 Å². The lowest BCUT2D eigenvalue weighted by molar-refractivity contribution is 0.416. The zero-order chi connectivity index (χ0) is 13.1. The molecule has 0 saturated heterocycles. The lowest BCUT2D eigenvalue weighted by Gasteiger charge is -2.13. The Balaban J connectivity index is 2.64. The van der Waals surface area contributed by atoms with Crippen molar-refractivity contribution in [1.82, 2.24) is 0 Å². The summed E-state index contributed by atoms with van der Waals surface area (Å²) in [6.07, 6.45) is 0. The Morgan fingerprint density at radius 2 is 1.89 bits per heavy atom. The number of benzene rings is 2. The maximum Gasteiger partial charge on any atom is 0.126 e. The standard InChI is InChI=1S/C15H16ClNO/c1-10-3-6-15(18-2)14(7-10)13-5-4-12(16)8-11(13)9-17/h3-8H,9,17H2,1-2H3. The summed E-state index contributed by atoms with van der Waals surface area (Å²) < 4.78 is 5.41. The second-order valence-corrected chi connectivity index (χ2v) is 4.65. The van der Waals surface area contributed by atoms with Crippen LogP contribution in [0.1, 0.15) is 11.1 Å². The molecule has 0 radical (unpaired) electrons. The van der Waals surface area contributed by atoms with Crippen molar-refractivity contribution in [3.05, 3.63) is 52.5 Å². The predicted octanol–water partition coefficient (Wildman–Crippen LogP) is 3.78. The highest BCUT2D eigenvalue weighted by Crippen LogP contribution is 2.34. The molecule has 0 saturated carbocycles. The van der Waals surface area contributed by atoms with E-state index in [1.54, 1.807) is 7.11 Å². The Morgan fingerprint density at radius 3 is 2.56 bits per heavy atom. The van der Waals surface area contributed by atoms with Crippen LogP contribution < -0.4 is 10.5 Å².